The van der Waals surface area contributed by atoms with Gasteiger partial charge in [0.2, 0.25) is 5.75 Å². The largest absolute Gasteiger partial charge is 0.497 e. The second-order valence-electron chi connectivity index (χ2n) is 6.43. The number of fused-ring (bicyclic) bond motifs is 1. The number of H-pyrrole nitrogens is 1. The summed E-state index contributed by atoms with van der Waals surface area (Å²) in [6, 6.07) is 11.0. The van der Waals surface area contributed by atoms with E-state index in [1.807, 2.05) is 24.3 Å². The van der Waals surface area contributed by atoms with Crippen molar-refractivity contribution >= 4 is 11.0 Å². The average molecular weight is 407 g/mol. The molecule has 0 saturated carbocycles. The van der Waals surface area contributed by atoms with Crippen molar-refractivity contribution < 1.29 is 18.9 Å². The molecule has 0 bridgehead atoms. The van der Waals surface area contributed by atoms with E-state index < -0.39 is 0 Å². The van der Waals surface area contributed by atoms with Crippen molar-refractivity contribution in [2.24, 2.45) is 0 Å². The number of methoxy groups -OCH3 is 4. The fourth-order valence-electron chi connectivity index (χ4n) is 3.55. The van der Waals surface area contributed by atoms with Gasteiger partial charge in [-0.15, -0.1) is 0 Å². The lowest BCUT2D eigenvalue weighted by atomic mass is 10.0. The lowest BCUT2D eigenvalue weighted by molar-refractivity contribution is 0.325. The van der Waals surface area contributed by atoms with Crippen LogP contribution in [-0.2, 0) is 0 Å². The van der Waals surface area contributed by atoms with Crippen LogP contribution in [0, 0.1) is 0 Å². The number of ether oxygens (including phenoxy) is 4. The summed E-state index contributed by atoms with van der Waals surface area (Å²) >= 11 is 0. The molecule has 1 N–H and O–H groups in total. The molecule has 0 radical (unpaired) electrons. The SMILES string of the molecule is COc1ccc(-c2c(-n3c(=O)[nH]c4cnccc43)cc(OC)c(OC)c2OC)cc1. The first-order chi connectivity index (χ1) is 14.6. The topological polar surface area (TPSA) is 87.6 Å². The van der Waals surface area contributed by atoms with Crippen molar-refractivity contribution in [3.05, 3.63) is 59.3 Å². The number of nitrogens with one attached hydrogen (secondary N) is 1. The number of nitrogens with zero attached hydrogens (tertiary/aromatic N) is 2. The van der Waals surface area contributed by atoms with Crippen LogP contribution in [0.5, 0.6) is 23.0 Å². The van der Waals surface area contributed by atoms with Gasteiger partial charge in [-0.25, -0.2) is 4.79 Å². The number of rotatable bonds is 6. The number of hydrogen-bond donors (Lipinski definition) is 1. The van der Waals surface area contributed by atoms with E-state index >= 15 is 0 Å². The summed E-state index contributed by atoms with van der Waals surface area (Å²) in [5.41, 5.74) is 3.08. The van der Waals surface area contributed by atoms with Crippen LogP contribution in [0.2, 0.25) is 0 Å². The summed E-state index contributed by atoms with van der Waals surface area (Å²) < 4.78 is 23.7. The van der Waals surface area contributed by atoms with Crippen molar-refractivity contribution in [3.8, 4) is 39.8 Å². The molecule has 2 heterocycles. The van der Waals surface area contributed by atoms with Gasteiger partial charge in [0.15, 0.2) is 11.5 Å². The Labute approximate surface area is 172 Å². The Morgan fingerprint density at radius 2 is 1.63 bits per heavy atom. The predicted octanol–water partition coefficient (Wildman–Crippen LogP) is 3.42. The van der Waals surface area contributed by atoms with Crippen LogP contribution < -0.4 is 24.6 Å². The Morgan fingerprint density at radius 3 is 2.27 bits per heavy atom. The lowest BCUT2D eigenvalue weighted by Gasteiger charge is -2.20. The lowest BCUT2D eigenvalue weighted by Crippen LogP contribution is -2.16. The molecule has 0 atom stereocenters. The molecule has 0 saturated heterocycles. The summed E-state index contributed by atoms with van der Waals surface area (Å²) in [7, 11) is 6.24. The van der Waals surface area contributed by atoms with E-state index in [0.29, 0.717) is 39.5 Å². The third-order valence-electron chi connectivity index (χ3n) is 4.91. The highest BCUT2D eigenvalue weighted by molar-refractivity contribution is 5.87. The summed E-state index contributed by atoms with van der Waals surface area (Å²) in [6.45, 7) is 0. The molecule has 0 aliphatic heterocycles. The fraction of sp³-hybridized carbons (Fsp3) is 0.182. The van der Waals surface area contributed by atoms with Crippen LogP contribution in [0.25, 0.3) is 27.8 Å². The van der Waals surface area contributed by atoms with E-state index in [9.17, 15) is 4.79 Å². The molecule has 0 spiro atoms. The van der Waals surface area contributed by atoms with Crippen molar-refractivity contribution in [3.63, 3.8) is 0 Å². The van der Waals surface area contributed by atoms with Gasteiger partial charge >= 0.3 is 5.69 Å². The average Bonchev–Trinajstić information content (AvgIpc) is 3.13. The predicted molar refractivity (Wildman–Crippen MR) is 113 cm³/mol. The first kappa shape index (κ1) is 19.4. The number of imidazole rings is 1. The monoisotopic (exact) mass is 407 g/mol. The molecule has 154 valence electrons. The van der Waals surface area contributed by atoms with Gasteiger partial charge in [-0.3, -0.25) is 9.55 Å². The van der Waals surface area contributed by atoms with Gasteiger partial charge in [-0.05, 0) is 23.8 Å². The van der Waals surface area contributed by atoms with E-state index in [-0.39, 0.29) is 5.69 Å². The number of hydrogen-bond acceptors (Lipinski definition) is 6. The third-order valence-corrected chi connectivity index (χ3v) is 4.91. The second-order valence-corrected chi connectivity index (χ2v) is 6.43. The van der Waals surface area contributed by atoms with Gasteiger partial charge < -0.3 is 23.9 Å². The zero-order valence-corrected chi connectivity index (χ0v) is 17.1. The first-order valence-corrected chi connectivity index (χ1v) is 9.15. The molecule has 0 amide bonds. The number of benzene rings is 2. The van der Waals surface area contributed by atoms with Crippen molar-refractivity contribution in [1.29, 1.82) is 0 Å². The third kappa shape index (κ3) is 3.02. The minimum Gasteiger partial charge on any atom is -0.497 e. The molecule has 0 fully saturated rings. The van der Waals surface area contributed by atoms with Gasteiger partial charge in [0.25, 0.3) is 0 Å². The molecular weight excluding hydrogens is 386 g/mol. The van der Waals surface area contributed by atoms with Crippen LogP contribution >= 0.6 is 0 Å². The Kier molecular flexibility index (Phi) is 5.05. The van der Waals surface area contributed by atoms with Crippen molar-refractivity contribution in [2.75, 3.05) is 28.4 Å². The molecule has 2 aromatic carbocycles. The molecule has 0 aliphatic rings. The molecule has 4 aromatic rings. The van der Waals surface area contributed by atoms with E-state index in [2.05, 4.69) is 9.97 Å². The molecule has 0 unspecified atom stereocenters. The standard InChI is InChI=1S/C22H21N3O5/c1-27-14-7-5-13(6-8-14)19-17(11-18(28-2)20(29-3)21(19)30-4)25-16-9-10-23-12-15(16)24-22(25)26/h5-12H,1-4H3,(H,24,26). The van der Waals surface area contributed by atoms with E-state index in [4.69, 9.17) is 18.9 Å². The number of aromatic nitrogens is 3. The minimum atomic E-state index is -0.304. The smallest absolute Gasteiger partial charge is 0.331 e. The molecular formula is C22H21N3O5. The van der Waals surface area contributed by atoms with E-state index in [1.54, 1.807) is 50.4 Å². The molecule has 0 aliphatic carbocycles. The highest BCUT2D eigenvalue weighted by Gasteiger charge is 2.25. The Balaban J connectivity index is 2.13. The first-order valence-electron chi connectivity index (χ1n) is 9.15. The van der Waals surface area contributed by atoms with Crippen LogP contribution in [0.3, 0.4) is 0 Å². The maximum absolute atomic E-state index is 12.9. The quantitative estimate of drug-likeness (QED) is 0.527. The zero-order chi connectivity index (χ0) is 21.3. The zero-order valence-electron chi connectivity index (χ0n) is 17.1. The van der Waals surface area contributed by atoms with Crippen molar-refractivity contribution in [2.45, 2.75) is 0 Å². The molecule has 30 heavy (non-hydrogen) atoms. The van der Waals surface area contributed by atoms with Gasteiger partial charge in [-0.1, -0.05) is 12.1 Å². The fourth-order valence-corrected chi connectivity index (χ4v) is 3.55. The highest BCUT2D eigenvalue weighted by atomic mass is 16.5. The molecule has 2 aromatic heterocycles. The summed E-state index contributed by atoms with van der Waals surface area (Å²) in [5, 5.41) is 0. The van der Waals surface area contributed by atoms with E-state index in [1.165, 1.54) is 7.11 Å². The normalized spacial score (nSPS) is 10.8. The highest BCUT2D eigenvalue weighted by Crippen LogP contribution is 2.48. The summed E-state index contributed by atoms with van der Waals surface area (Å²) in [6.07, 6.45) is 3.25. The Hall–Kier alpha value is -3.94. The molecule has 4 rings (SSSR count). The van der Waals surface area contributed by atoms with Gasteiger partial charge in [0.05, 0.1) is 56.9 Å². The number of pyridine rings is 1. The minimum absolute atomic E-state index is 0.304. The summed E-state index contributed by atoms with van der Waals surface area (Å²) in [4.78, 5) is 19.9. The van der Waals surface area contributed by atoms with Gasteiger partial charge in [0.1, 0.15) is 5.75 Å². The molecule has 8 heteroatoms. The Bertz CT molecular complexity index is 1260. The van der Waals surface area contributed by atoms with Crippen LogP contribution in [0.15, 0.2) is 53.6 Å². The van der Waals surface area contributed by atoms with Crippen LogP contribution in [0.1, 0.15) is 0 Å². The van der Waals surface area contributed by atoms with Crippen molar-refractivity contribution in [1.82, 2.24) is 14.5 Å². The van der Waals surface area contributed by atoms with Crippen LogP contribution in [-0.4, -0.2) is 43.0 Å². The second kappa shape index (κ2) is 7.82. The maximum atomic E-state index is 12.9. The van der Waals surface area contributed by atoms with Gasteiger partial charge in [0, 0.05) is 12.3 Å². The van der Waals surface area contributed by atoms with Gasteiger partial charge in [-0.2, -0.15) is 0 Å². The van der Waals surface area contributed by atoms with Crippen LogP contribution in [0.4, 0.5) is 0 Å². The summed E-state index contributed by atoms with van der Waals surface area (Å²) in [5.74, 6) is 2.04. The molecule has 8 nitrogen and oxygen atoms in total. The van der Waals surface area contributed by atoms with E-state index in [0.717, 1.165) is 11.3 Å². The maximum Gasteiger partial charge on any atom is 0.331 e. The Morgan fingerprint density at radius 1 is 0.900 bits per heavy atom. The number of aromatic amines is 1.